The van der Waals surface area contributed by atoms with Gasteiger partial charge in [0.2, 0.25) is 0 Å². The molecule has 0 spiro atoms. The maximum absolute atomic E-state index is 13.7. The number of nitrogens with one attached hydrogen (secondary N) is 1. The molecule has 0 aliphatic rings. The van der Waals surface area contributed by atoms with Crippen LogP contribution in [0.15, 0.2) is 71.5 Å². The lowest BCUT2D eigenvalue weighted by atomic mass is 10.1. The number of anilines is 1. The van der Waals surface area contributed by atoms with E-state index in [0.29, 0.717) is 17.0 Å². The van der Waals surface area contributed by atoms with E-state index in [2.05, 4.69) is 15.6 Å². The first-order valence-corrected chi connectivity index (χ1v) is 8.69. The first-order valence-electron chi connectivity index (χ1n) is 8.69. The van der Waals surface area contributed by atoms with Gasteiger partial charge in [-0.3, -0.25) is 9.48 Å². The number of benzene rings is 2. The third-order valence-corrected chi connectivity index (χ3v) is 4.26. The SMILES string of the molecule is Cc1ccc(-c2cc(C(=O)Nc3cnn(Cc4ccccc4F)c3)no2)cc1. The molecular formula is C21H17FN4O2. The molecule has 0 aliphatic carbocycles. The van der Waals surface area contributed by atoms with Crippen LogP contribution in [0.3, 0.4) is 0 Å². The number of rotatable bonds is 5. The van der Waals surface area contributed by atoms with Crippen LogP contribution in [0.5, 0.6) is 0 Å². The van der Waals surface area contributed by atoms with Crippen molar-refractivity contribution >= 4 is 11.6 Å². The van der Waals surface area contributed by atoms with Crippen molar-refractivity contribution in [3.63, 3.8) is 0 Å². The standard InChI is InChI=1S/C21H17FN4O2/c1-14-6-8-15(9-7-14)20-10-19(25-28-20)21(27)24-17-11-23-26(13-17)12-16-4-2-3-5-18(16)22/h2-11,13H,12H2,1H3,(H,24,27). The molecule has 4 rings (SSSR count). The highest BCUT2D eigenvalue weighted by Crippen LogP contribution is 2.21. The highest BCUT2D eigenvalue weighted by atomic mass is 19.1. The van der Waals surface area contributed by atoms with Gasteiger partial charge in [0.15, 0.2) is 11.5 Å². The van der Waals surface area contributed by atoms with Crippen molar-refractivity contribution in [1.29, 1.82) is 0 Å². The average Bonchev–Trinajstić information content (AvgIpc) is 3.34. The van der Waals surface area contributed by atoms with Crippen LogP contribution in [-0.2, 0) is 6.54 Å². The van der Waals surface area contributed by atoms with Gasteiger partial charge in [0.1, 0.15) is 5.82 Å². The molecule has 140 valence electrons. The fourth-order valence-corrected chi connectivity index (χ4v) is 2.75. The molecular weight excluding hydrogens is 359 g/mol. The van der Waals surface area contributed by atoms with E-state index in [1.54, 1.807) is 35.1 Å². The third-order valence-electron chi connectivity index (χ3n) is 4.26. The van der Waals surface area contributed by atoms with Crippen molar-refractivity contribution in [1.82, 2.24) is 14.9 Å². The molecule has 0 aliphatic heterocycles. The summed E-state index contributed by atoms with van der Waals surface area (Å²) in [6.45, 7) is 2.26. The number of aryl methyl sites for hydroxylation is 1. The zero-order chi connectivity index (χ0) is 19.5. The first-order chi connectivity index (χ1) is 13.6. The monoisotopic (exact) mass is 376 g/mol. The minimum absolute atomic E-state index is 0.164. The van der Waals surface area contributed by atoms with E-state index in [1.807, 2.05) is 31.2 Å². The lowest BCUT2D eigenvalue weighted by Crippen LogP contribution is -2.11. The topological polar surface area (TPSA) is 73.0 Å². The summed E-state index contributed by atoms with van der Waals surface area (Å²) >= 11 is 0. The Morgan fingerprint density at radius 2 is 1.96 bits per heavy atom. The van der Waals surface area contributed by atoms with Gasteiger partial charge in [-0.2, -0.15) is 5.10 Å². The van der Waals surface area contributed by atoms with Crippen LogP contribution in [0.25, 0.3) is 11.3 Å². The molecule has 4 aromatic rings. The molecule has 2 aromatic heterocycles. The molecule has 0 saturated carbocycles. The second-order valence-corrected chi connectivity index (χ2v) is 6.41. The summed E-state index contributed by atoms with van der Waals surface area (Å²) in [7, 11) is 0. The highest BCUT2D eigenvalue weighted by Gasteiger charge is 2.15. The van der Waals surface area contributed by atoms with E-state index in [9.17, 15) is 9.18 Å². The number of aromatic nitrogens is 3. The second-order valence-electron chi connectivity index (χ2n) is 6.41. The quantitative estimate of drug-likeness (QED) is 0.564. The van der Waals surface area contributed by atoms with E-state index < -0.39 is 5.91 Å². The van der Waals surface area contributed by atoms with E-state index >= 15 is 0 Å². The van der Waals surface area contributed by atoms with Crippen LogP contribution >= 0.6 is 0 Å². The number of hydrogen-bond donors (Lipinski definition) is 1. The van der Waals surface area contributed by atoms with E-state index in [-0.39, 0.29) is 18.1 Å². The van der Waals surface area contributed by atoms with Gasteiger partial charge < -0.3 is 9.84 Å². The van der Waals surface area contributed by atoms with Crippen LogP contribution in [0.2, 0.25) is 0 Å². The molecule has 6 nitrogen and oxygen atoms in total. The summed E-state index contributed by atoms with van der Waals surface area (Å²) in [5.41, 5.74) is 3.14. The third kappa shape index (κ3) is 3.83. The maximum Gasteiger partial charge on any atom is 0.277 e. The van der Waals surface area contributed by atoms with E-state index in [1.165, 1.54) is 12.3 Å². The van der Waals surface area contributed by atoms with E-state index in [4.69, 9.17) is 4.52 Å². The maximum atomic E-state index is 13.7. The van der Waals surface area contributed by atoms with Gasteiger partial charge >= 0.3 is 0 Å². The molecule has 0 saturated heterocycles. The number of carbonyl (C=O) groups is 1. The number of carbonyl (C=O) groups excluding carboxylic acids is 1. The fourth-order valence-electron chi connectivity index (χ4n) is 2.75. The molecule has 2 heterocycles. The Labute approximate surface area is 160 Å². The highest BCUT2D eigenvalue weighted by molar-refractivity contribution is 6.03. The molecule has 0 bridgehead atoms. The molecule has 0 atom stereocenters. The summed E-state index contributed by atoms with van der Waals surface area (Å²) in [6.07, 6.45) is 3.13. The Morgan fingerprint density at radius 3 is 2.75 bits per heavy atom. The molecule has 2 aromatic carbocycles. The first kappa shape index (κ1) is 17.7. The Morgan fingerprint density at radius 1 is 1.18 bits per heavy atom. The van der Waals surface area contributed by atoms with Gasteiger partial charge in [-0.05, 0) is 13.0 Å². The van der Waals surface area contributed by atoms with E-state index in [0.717, 1.165) is 11.1 Å². The number of hydrogen-bond acceptors (Lipinski definition) is 4. The number of halogens is 1. The van der Waals surface area contributed by atoms with Gasteiger partial charge in [0.25, 0.3) is 5.91 Å². The van der Waals surface area contributed by atoms with Crippen LogP contribution in [0.1, 0.15) is 21.6 Å². The van der Waals surface area contributed by atoms with Crippen LogP contribution in [-0.4, -0.2) is 20.8 Å². The molecule has 28 heavy (non-hydrogen) atoms. The summed E-state index contributed by atoms with van der Waals surface area (Å²) in [4.78, 5) is 12.4. The van der Waals surface area contributed by atoms with Crippen molar-refractivity contribution < 1.29 is 13.7 Å². The Hall–Kier alpha value is -3.74. The molecule has 0 unspecified atom stereocenters. The number of amides is 1. The summed E-state index contributed by atoms with van der Waals surface area (Å²) < 4.78 is 20.6. The molecule has 0 radical (unpaired) electrons. The van der Waals surface area contributed by atoms with Crippen molar-refractivity contribution in [3.8, 4) is 11.3 Å². The van der Waals surface area contributed by atoms with Gasteiger partial charge in [-0.25, -0.2) is 4.39 Å². The van der Waals surface area contributed by atoms with Crippen molar-refractivity contribution in [3.05, 3.63) is 89.6 Å². The van der Waals surface area contributed by atoms with Crippen molar-refractivity contribution in [2.24, 2.45) is 0 Å². The molecule has 1 amide bonds. The fraction of sp³-hybridized carbons (Fsp3) is 0.0952. The predicted molar refractivity (Wildman–Crippen MR) is 102 cm³/mol. The molecule has 0 fully saturated rings. The average molecular weight is 376 g/mol. The largest absolute Gasteiger partial charge is 0.355 e. The Kier molecular flexibility index (Phi) is 4.72. The van der Waals surface area contributed by atoms with Crippen LogP contribution in [0, 0.1) is 12.7 Å². The van der Waals surface area contributed by atoms with Crippen LogP contribution in [0.4, 0.5) is 10.1 Å². The van der Waals surface area contributed by atoms with Crippen molar-refractivity contribution in [2.75, 3.05) is 5.32 Å². The lowest BCUT2D eigenvalue weighted by Gasteiger charge is -2.03. The van der Waals surface area contributed by atoms with Gasteiger partial charge in [-0.1, -0.05) is 53.2 Å². The number of nitrogens with zero attached hydrogens (tertiary/aromatic N) is 3. The summed E-state index contributed by atoms with van der Waals surface area (Å²) in [5.74, 6) is -0.192. The Balaban J connectivity index is 1.44. The molecule has 1 N–H and O–H groups in total. The zero-order valence-electron chi connectivity index (χ0n) is 15.1. The normalized spacial score (nSPS) is 10.8. The van der Waals surface area contributed by atoms with Gasteiger partial charge in [0, 0.05) is 23.4 Å². The predicted octanol–water partition coefficient (Wildman–Crippen LogP) is 4.29. The van der Waals surface area contributed by atoms with Crippen LogP contribution < -0.4 is 5.32 Å². The minimum Gasteiger partial charge on any atom is -0.355 e. The van der Waals surface area contributed by atoms with Gasteiger partial charge in [-0.15, -0.1) is 0 Å². The summed E-state index contributed by atoms with van der Waals surface area (Å²) in [6, 6.07) is 15.8. The lowest BCUT2D eigenvalue weighted by molar-refractivity contribution is 0.101. The Bertz CT molecular complexity index is 1120. The molecule has 7 heteroatoms. The van der Waals surface area contributed by atoms with Crippen molar-refractivity contribution in [2.45, 2.75) is 13.5 Å². The van der Waals surface area contributed by atoms with Gasteiger partial charge in [0.05, 0.1) is 18.4 Å². The second kappa shape index (κ2) is 7.48. The minimum atomic E-state index is -0.410. The zero-order valence-corrected chi connectivity index (χ0v) is 15.1. The smallest absolute Gasteiger partial charge is 0.277 e. The summed E-state index contributed by atoms with van der Waals surface area (Å²) in [5, 5.41) is 10.7.